The molecule has 1 N–H and O–H groups in total. The molecule has 2 aliphatic rings. The van der Waals surface area contributed by atoms with Crippen molar-refractivity contribution in [3.8, 4) is 6.07 Å². The Kier molecular flexibility index (Phi) is 3.77. The number of aliphatic carboxylic acids is 1. The van der Waals surface area contributed by atoms with Gasteiger partial charge in [0.25, 0.3) is 0 Å². The Hall–Kier alpha value is -1.73. The van der Waals surface area contributed by atoms with Crippen molar-refractivity contribution in [1.29, 1.82) is 5.26 Å². The number of carboxylic acids is 1. The van der Waals surface area contributed by atoms with Crippen LogP contribution in [0.25, 0.3) is 0 Å². The van der Waals surface area contributed by atoms with Crippen molar-refractivity contribution in [2.45, 2.75) is 44.2 Å². The highest BCUT2D eigenvalue weighted by Gasteiger charge is 2.41. The summed E-state index contributed by atoms with van der Waals surface area (Å²) in [4.78, 5) is 13.3. The third-order valence-electron chi connectivity index (χ3n) is 4.67. The third-order valence-corrected chi connectivity index (χ3v) is 4.98. The molecule has 0 amide bonds. The molecule has 2 fully saturated rings. The van der Waals surface area contributed by atoms with E-state index in [2.05, 4.69) is 11.0 Å². The minimum atomic E-state index is -0.700. The lowest BCUT2D eigenvalue weighted by atomic mass is 9.88. The predicted molar refractivity (Wildman–Crippen MR) is 80.4 cm³/mol. The molecule has 3 rings (SSSR count). The first-order valence-corrected chi connectivity index (χ1v) is 7.66. The van der Waals surface area contributed by atoms with Gasteiger partial charge >= 0.3 is 5.97 Å². The molecule has 110 valence electrons. The zero-order valence-electron chi connectivity index (χ0n) is 11.6. The van der Waals surface area contributed by atoms with Gasteiger partial charge in [0.05, 0.1) is 10.6 Å². The Morgan fingerprint density at radius 3 is 2.57 bits per heavy atom. The van der Waals surface area contributed by atoms with E-state index in [0.717, 1.165) is 31.4 Å². The lowest BCUT2D eigenvalue weighted by molar-refractivity contribution is -0.138. The molecule has 2 saturated heterocycles. The molecule has 0 radical (unpaired) electrons. The summed E-state index contributed by atoms with van der Waals surface area (Å²) < 4.78 is 0. The van der Waals surface area contributed by atoms with Crippen LogP contribution in [0.5, 0.6) is 0 Å². The topological polar surface area (TPSA) is 64.3 Å². The van der Waals surface area contributed by atoms with Crippen molar-refractivity contribution < 1.29 is 9.90 Å². The number of carbonyl (C=O) groups is 1. The van der Waals surface area contributed by atoms with E-state index in [9.17, 15) is 4.79 Å². The van der Waals surface area contributed by atoms with Crippen molar-refractivity contribution in [2.24, 2.45) is 5.92 Å². The Labute approximate surface area is 128 Å². The Bertz CT molecular complexity index is 597. The fraction of sp³-hybridized carbons (Fsp3) is 0.500. The van der Waals surface area contributed by atoms with E-state index in [0.29, 0.717) is 22.7 Å². The van der Waals surface area contributed by atoms with Crippen LogP contribution in [0.2, 0.25) is 5.02 Å². The SMILES string of the molecule is N#Cc1ccc(N2C3CCC2CC(CC(=O)O)C3)cc1Cl. The summed E-state index contributed by atoms with van der Waals surface area (Å²) in [6, 6.07) is 8.46. The van der Waals surface area contributed by atoms with Gasteiger partial charge in [0, 0.05) is 24.2 Å². The van der Waals surface area contributed by atoms with Crippen molar-refractivity contribution in [3.05, 3.63) is 28.8 Å². The molecular formula is C16H17ClN2O2. The quantitative estimate of drug-likeness (QED) is 0.929. The van der Waals surface area contributed by atoms with Crippen LogP contribution in [0, 0.1) is 17.2 Å². The molecule has 2 aliphatic heterocycles. The van der Waals surface area contributed by atoms with Crippen LogP contribution in [-0.2, 0) is 4.79 Å². The summed E-state index contributed by atoms with van der Waals surface area (Å²) in [7, 11) is 0. The first-order chi connectivity index (χ1) is 10.1. The van der Waals surface area contributed by atoms with Crippen LogP contribution in [0.3, 0.4) is 0 Å². The van der Waals surface area contributed by atoms with Crippen LogP contribution in [0.4, 0.5) is 5.69 Å². The predicted octanol–water partition coefficient (Wildman–Crippen LogP) is 3.43. The first kappa shape index (κ1) is 14.2. The number of nitrogens with zero attached hydrogens (tertiary/aromatic N) is 2. The largest absolute Gasteiger partial charge is 0.481 e. The molecule has 4 nitrogen and oxygen atoms in total. The fourth-order valence-corrected chi connectivity index (χ4v) is 4.10. The fourth-order valence-electron chi connectivity index (χ4n) is 3.88. The Balaban J connectivity index is 1.81. The van der Waals surface area contributed by atoms with Gasteiger partial charge < -0.3 is 10.0 Å². The number of nitriles is 1. The van der Waals surface area contributed by atoms with Crippen LogP contribution < -0.4 is 4.90 Å². The lowest BCUT2D eigenvalue weighted by Gasteiger charge is -2.40. The van der Waals surface area contributed by atoms with Gasteiger partial charge in [-0.05, 0) is 49.8 Å². The van der Waals surface area contributed by atoms with Crippen molar-refractivity contribution in [2.75, 3.05) is 4.90 Å². The third kappa shape index (κ3) is 2.71. The summed E-state index contributed by atoms with van der Waals surface area (Å²) in [5.74, 6) is -0.417. The number of rotatable bonds is 3. The summed E-state index contributed by atoms with van der Waals surface area (Å²) in [5, 5.41) is 18.4. The Morgan fingerprint density at radius 1 is 1.38 bits per heavy atom. The maximum Gasteiger partial charge on any atom is 0.303 e. The minimum absolute atomic E-state index is 0.273. The van der Waals surface area contributed by atoms with Gasteiger partial charge in [-0.2, -0.15) is 5.26 Å². The molecule has 5 heteroatoms. The van der Waals surface area contributed by atoms with Gasteiger partial charge in [0.2, 0.25) is 0 Å². The second kappa shape index (κ2) is 5.57. The number of halogens is 1. The maximum absolute atomic E-state index is 10.9. The highest BCUT2D eigenvalue weighted by molar-refractivity contribution is 6.32. The van der Waals surface area contributed by atoms with Crippen molar-refractivity contribution in [1.82, 2.24) is 0 Å². The zero-order chi connectivity index (χ0) is 15.0. The van der Waals surface area contributed by atoms with E-state index >= 15 is 0 Å². The number of hydrogen-bond acceptors (Lipinski definition) is 3. The molecular weight excluding hydrogens is 288 g/mol. The molecule has 2 heterocycles. The van der Waals surface area contributed by atoms with E-state index in [1.807, 2.05) is 12.1 Å². The molecule has 0 aliphatic carbocycles. The number of piperidine rings is 1. The van der Waals surface area contributed by atoms with Crippen LogP contribution >= 0.6 is 11.6 Å². The van der Waals surface area contributed by atoms with Crippen molar-refractivity contribution >= 4 is 23.3 Å². The van der Waals surface area contributed by atoms with Gasteiger partial charge in [0.1, 0.15) is 6.07 Å². The monoisotopic (exact) mass is 304 g/mol. The highest BCUT2D eigenvalue weighted by atomic mass is 35.5. The number of fused-ring (bicyclic) bond motifs is 2. The van der Waals surface area contributed by atoms with Crippen LogP contribution in [-0.4, -0.2) is 23.2 Å². The highest BCUT2D eigenvalue weighted by Crippen LogP contribution is 2.43. The molecule has 1 aromatic carbocycles. The Morgan fingerprint density at radius 2 is 2.05 bits per heavy atom. The van der Waals surface area contributed by atoms with E-state index in [1.165, 1.54) is 0 Å². The second-order valence-electron chi connectivity index (χ2n) is 6.00. The zero-order valence-corrected chi connectivity index (χ0v) is 12.4. The standard InChI is InChI=1S/C16H17ClN2O2/c17-15-8-14(2-1-11(15)9-18)19-12-3-4-13(19)6-10(5-12)7-16(20)21/h1-2,8,10,12-13H,3-7H2,(H,20,21). The molecule has 2 bridgehead atoms. The van der Waals surface area contributed by atoms with E-state index in [1.54, 1.807) is 6.07 Å². The van der Waals surface area contributed by atoms with Gasteiger partial charge in [0.15, 0.2) is 0 Å². The molecule has 2 unspecified atom stereocenters. The number of benzene rings is 1. The van der Waals surface area contributed by atoms with Gasteiger partial charge in [-0.1, -0.05) is 11.6 Å². The number of hydrogen-bond donors (Lipinski definition) is 1. The first-order valence-electron chi connectivity index (χ1n) is 7.28. The van der Waals surface area contributed by atoms with Gasteiger partial charge in [-0.15, -0.1) is 0 Å². The van der Waals surface area contributed by atoms with Crippen LogP contribution in [0.1, 0.15) is 37.7 Å². The molecule has 0 aromatic heterocycles. The number of carboxylic acid groups (broad SMARTS) is 1. The van der Waals surface area contributed by atoms with Crippen LogP contribution in [0.15, 0.2) is 18.2 Å². The van der Waals surface area contributed by atoms with Crippen molar-refractivity contribution in [3.63, 3.8) is 0 Å². The maximum atomic E-state index is 10.9. The summed E-state index contributed by atoms with van der Waals surface area (Å²) in [6.45, 7) is 0. The summed E-state index contributed by atoms with van der Waals surface area (Å²) in [6.07, 6.45) is 4.35. The molecule has 0 spiro atoms. The average Bonchev–Trinajstić information content (AvgIpc) is 2.69. The normalized spacial score (nSPS) is 27.4. The van der Waals surface area contributed by atoms with E-state index in [-0.39, 0.29) is 12.3 Å². The molecule has 2 atom stereocenters. The average molecular weight is 305 g/mol. The molecule has 21 heavy (non-hydrogen) atoms. The number of anilines is 1. The summed E-state index contributed by atoms with van der Waals surface area (Å²) >= 11 is 6.14. The second-order valence-corrected chi connectivity index (χ2v) is 6.41. The van der Waals surface area contributed by atoms with E-state index in [4.69, 9.17) is 22.0 Å². The molecule has 0 saturated carbocycles. The summed E-state index contributed by atoms with van der Waals surface area (Å²) in [5.41, 5.74) is 1.55. The van der Waals surface area contributed by atoms with Gasteiger partial charge in [-0.3, -0.25) is 4.79 Å². The minimum Gasteiger partial charge on any atom is -0.481 e. The smallest absolute Gasteiger partial charge is 0.303 e. The molecule has 1 aromatic rings. The van der Waals surface area contributed by atoms with E-state index < -0.39 is 5.97 Å². The van der Waals surface area contributed by atoms with Gasteiger partial charge in [-0.25, -0.2) is 0 Å². The lowest BCUT2D eigenvalue weighted by Crippen LogP contribution is -2.43.